The highest BCUT2D eigenvalue weighted by Crippen LogP contribution is 2.36. The summed E-state index contributed by atoms with van der Waals surface area (Å²) in [5.41, 5.74) is 4.38. The molecule has 2 atom stereocenters. The van der Waals surface area contributed by atoms with Crippen LogP contribution < -0.4 is 0 Å². The lowest BCUT2D eigenvalue weighted by atomic mass is 9.80. The van der Waals surface area contributed by atoms with Crippen LogP contribution >= 0.6 is 0 Å². The van der Waals surface area contributed by atoms with Crippen molar-refractivity contribution in [2.24, 2.45) is 0 Å². The Labute approximate surface area is 109 Å². The maximum Gasteiger partial charge on any atom is 0.0246 e. The Balaban J connectivity index is 2.12. The zero-order chi connectivity index (χ0) is 12.5. The molecule has 1 aliphatic rings. The molecule has 0 spiro atoms. The molecule has 0 saturated carbocycles. The highest BCUT2D eigenvalue weighted by atomic mass is 15.1. The van der Waals surface area contributed by atoms with E-state index in [4.69, 9.17) is 0 Å². The van der Waals surface area contributed by atoms with Crippen LogP contribution in [0, 0.1) is 0 Å². The van der Waals surface area contributed by atoms with Crippen LogP contribution in [0.5, 0.6) is 0 Å². The second-order valence-corrected chi connectivity index (χ2v) is 5.24. The van der Waals surface area contributed by atoms with Gasteiger partial charge in [0.2, 0.25) is 0 Å². The third-order valence-corrected chi connectivity index (χ3v) is 4.15. The highest BCUT2D eigenvalue weighted by molar-refractivity contribution is 5.41. The number of likely N-dealkylation sites (N-methyl/N-ethyl adjacent to an activating group) is 1. The molecule has 0 bridgehead atoms. The lowest BCUT2D eigenvalue weighted by molar-refractivity contribution is 0.212. The van der Waals surface area contributed by atoms with Gasteiger partial charge in [0.15, 0.2) is 0 Å². The summed E-state index contributed by atoms with van der Waals surface area (Å²) in [6.45, 7) is 3.38. The third-order valence-electron chi connectivity index (χ3n) is 4.15. The largest absolute Gasteiger partial charge is 0.298 e. The number of hydrogen-bond acceptors (Lipinski definition) is 1. The molecule has 0 fully saturated rings. The van der Waals surface area contributed by atoms with E-state index in [1.54, 1.807) is 0 Å². The van der Waals surface area contributed by atoms with Crippen LogP contribution in [0.4, 0.5) is 0 Å². The minimum Gasteiger partial charge on any atom is -0.298 e. The fourth-order valence-corrected chi connectivity index (χ4v) is 3.03. The molecule has 3 rings (SSSR count). The van der Waals surface area contributed by atoms with E-state index in [2.05, 4.69) is 73.5 Å². The molecule has 1 unspecified atom stereocenters. The summed E-state index contributed by atoms with van der Waals surface area (Å²) in [5, 5.41) is 0. The predicted octanol–water partition coefficient (Wildman–Crippen LogP) is 3.65. The van der Waals surface area contributed by atoms with Crippen molar-refractivity contribution in [2.75, 3.05) is 7.05 Å². The Morgan fingerprint density at radius 1 is 0.944 bits per heavy atom. The lowest BCUT2D eigenvalue weighted by Gasteiger charge is -2.39. The van der Waals surface area contributed by atoms with Crippen molar-refractivity contribution in [1.82, 2.24) is 4.90 Å². The van der Waals surface area contributed by atoms with Crippen molar-refractivity contribution in [2.45, 2.75) is 25.4 Å². The first-order chi connectivity index (χ1) is 8.77. The lowest BCUT2D eigenvalue weighted by Crippen LogP contribution is -2.39. The molecule has 1 nitrogen and oxygen atoms in total. The fraction of sp³-hybridized carbons (Fsp3) is 0.294. The van der Waals surface area contributed by atoms with Crippen molar-refractivity contribution < 1.29 is 0 Å². The first-order valence-corrected chi connectivity index (χ1v) is 6.60. The quantitative estimate of drug-likeness (QED) is 0.731. The second-order valence-electron chi connectivity index (χ2n) is 5.24. The molecular formula is C17H19N. The van der Waals surface area contributed by atoms with Gasteiger partial charge in [-0.3, -0.25) is 4.90 Å². The van der Waals surface area contributed by atoms with Gasteiger partial charge in [0, 0.05) is 18.5 Å². The SMILES string of the molecule is C[C@H]1C(c2ccccc2)c2ccccc2CN1C. The molecule has 0 saturated heterocycles. The average molecular weight is 237 g/mol. The van der Waals surface area contributed by atoms with Gasteiger partial charge >= 0.3 is 0 Å². The van der Waals surface area contributed by atoms with Gasteiger partial charge in [-0.05, 0) is 30.7 Å². The third kappa shape index (κ3) is 1.85. The smallest absolute Gasteiger partial charge is 0.0246 e. The van der Waals surface area contributed by atoms with Crippen LogP contribution in [0.3, 0.4) is 0 Å². The summed E-state index contributed by atoms with van der Waals surface area (Å²) < 4.78 is 0. The van der Waals surface area contributed by atoms with Crippen LogP contribution in [0.2, 0.25) is 0 Å². The van der Waals surface area contributed by atoms with E-state index in [-0.39, 0.29) is 0 Å². The molecule has 0 radical (unpaired) electrons. The first-order valence-electron chi connectivity index (χ1n) is 6.60. The van der Waals surface area contributed by atoms with Crippen LogP contribution in [-0.2, 0) is 6.54 Å². The molecule has 1 heterocycles. The molecule has 92 valence electrons. The summed E-state index contributed by atoms with van der Waals surface area (Å²) in [4.78, 5) is 2.44. The summed E-state index contributed by atoms with van der Waals surface area (Å²) >= 11 is 0. The van der Waals surface area contributed by atoms with Gasteiger partial charge in [-0.2, -0.15) is 0 Å². The zero-order valence-corrected chi connectivity index (χ0v) is 11.0. The summed E-state index contributed by atoms with van der Waals surface area (Å²) in [6.07, 6.45) is 0. The molecule has 0 amide bonds. The number of rotatable bonds is 1. The van der Waals surface area contributed by atoms with E-state index in [0.717, 1.165) is 6.54 Å². The maximum absolute atomic E-state index is 2.44. The van der Waals surface area contributed by atoms with E-state index in [0.29, 0.717) is 12.0 Å². The van der Waals surface area contributed by atoms with E-state index in [1.807, 2.05) is 0 Å². The summed E-state index contributed by atoms with van der Waals surface area (Å²) in [6, 6.07) is 20.3. The van der Waals surface area contributed by atoms with Crippen LogP contribution in [0.1, 0.15) is 29.5 Å². The fourth-order valence-electron chi connectivity index (χ4n) is 3.03. The van der Waals surface area contributed by atoms with Gasteiger partial charge in [-0.25, -0.2) is 0 Å². The van der Waals surface area contributed by atoms with E-state index in [9.17, 15) is 0 Å². The standard InChI is InChI=1S/C17H19N/c1-13-17(14-8-4-3-5-9-14)16-11-7-6-10-15(16)12-18(13)2/h3-11,13,17H,12H2,1-2H3/t13-,17?/m0/s1. The van der Waals surface area contributed by atoms with Gasteiger partial charge in [0.05, 0.1) is 0 Å². The number of benzene rings is 2. The first kappa shape index (κ1) is 11.5. The summed E-state index contributed by atoms with van der Waals surface area (Å²) in [7, 11) is 2.22. The van der Waals surface area contributed by atoms with Gasteiger partial charge in [0.1, 0.15) is 0 Å². The van der Waals surface area contributed by atoms with E-state index >= 15 is 0 Å². The molecule has 0 aromatic heterocycles. The Bertz CT molecular complexity index is 532. The molecule has 1 heteroatoms. The molecule has 1 aliphatic heterocycles. The van der Waals surface area contributed by atoms with Gasteiger partial charge < -0.3 is 0 Å². The normalized spacial score (nSPS) is 23.7. The molecule has 2 aromatic carbocycles. The van der Waals surface area contributed by atoms with Crippen LogP contribution in [-0.4, -0.2) is 18.0 Å². The minimum absolute atomic E-state index is 0.487. The maximum atomic E-state index is 2.44. The second kappa shape index (κ2) is 4.58. The molecule has 0 aliphatic carbocycles. The Morgan fingerprint density at radius 2 is 1.61 bits per heavy atom. The average Bonchev–Trinajstić information content (AvgIpc) is 2.41. The number of hydrogen-bond donors (Lipinski definition) is 0. The highest BCUT2D eigenvalue weighted by Gasteiger charge is 2.30. The van der Waals surface area contributed by atoms with Crippen molar-refractivity contribution in [1.29, 1.82) is 0 Å². The van der Waals surface area contributed by atoms with Crippen molar-refractivity contribution in [3.63, 3.8) is 0 Å². The molecule has 2 aromatic rings. The van der Waals surface area contributed by atoms with E-state index in [1.165, 1.54) is 16.7 Å². The van der Waals surface area contributed by atoms with Crippen LogP contribution in [0.25, 0.3) is 0 Å². The Morgan fingerprint density at radius 3 is 2.39 bits per heavy atom. The Kier molecular flexibility index (Phi) is 2.92. The monoisotopic (exact) mass is 237 g/mol. The number of fused-ring (bicyclic) bond motifs is 1. The predicted molar refractivity (Wildman–Crippen MR) is 75.7 cm³/mol. The Hall–Kier alpha value is -1.60. The van der Waals surface area contributed by atoms with Crippen molar-refractivity contribution >= 4 is 0 Å². The topological polar surface area (TPSA) is 3.24 Å². The van der Waals surface area contributed by atoms with Crippen molar-refractivity contribution in [3.05, 3.63) is 71.3 Å². The number of nitrogens with zero attached hydrogens (tertiary/aromatic N) is 1. The van der Waals surface area contributed by atoms with E-state index < -0.39 is 0 Å². The summed E-state index contributed by atoms with van der Waals surface area (Å²) in [5.74, 6) is 0.487. The van der Waals surface area contributed by atoms with Crippen LogP contribution in [0.15, 0.2) is 54.6 Å². The van der Waals surface area contributed by atoms with Crippen molar-refractivity contribution in [3.8, 4) is 0 Å². The van der Waals surface area contributed by atoms with Gasteiger partial charge in [0.25, 0.3) is 0 Å². The molecule has 18 heavy (non-hydrogen) atoms. The minimum atomic E-state index is 0.487. The molecule has 0 N–H and O–H groups in total. The van der Waals surface area contributed by atoms with Gasteiger partial charge in [-0.15, -0.1) is 0 Å². The van der Waals surface area contributed by atoms with Gasteiger partial charge in [-0.1, -0.05) is 54.6 Å². The zero-order valence-electron chi connectivity index (χ0n) is 11.0. The molecular weight excluding hydrogens is 218 g/mol.